The van der Waals surface area contributed by atoms with Gasteiger partial charge in [0, 0.05) is 12.7 Å². The van der Waals surface area contributed by atoms with Gasteiger partial charge >= 0.3 is 0 Å². The molecule has 0 saturated heterocycles. The smallest absolute Gasteiger partial charge is 0.261 e. The molecule has 0 bridgehead atoms. The lowest BCUT2D eigenvalue weighted by Crippen LogP contribution is -2.66. The highest BCUT2D eigenvalue weighted by Crippen LogP contribution is 2.38. The average Bonchev–Trinajstić information content (AvgIpc) is 2.88. The van der Waals surface area contributed by atoms with Crippen LogP contribution in [0.4, 0.5) is 0 Å². The second kappa shape index (κ2) is 12.2. The Morgan fingerprint density at radius 1 is 0.743 bits per heavy atom. The molecule has 35 heavy (non-hydrogen) atoms. The van der Waals surface area contributed by atoms with Gasteiger partial charge in [0.2, 0.25) is 0 Å². The molecule has 0 aliphatic heterocycles. The number of methoxy groups -OCH3 is 3. The summed E-state index contributed by atoms with van der Waals surface area (Å²) in [6.45, 7) is 7.40. The number of hydrogen-bond acceptors (Lipinski definition) is 4. The van der Waals surface area contributed by atoms with E-state index >= 15 is 0 Å². The lowest BCUT2D eigenvalue weighted by Gasteiger charge is -2.42. The van der Waals surface area contributed by atoms with Crippen molar-refractivity contribution in [2.24, 2.45) is 0 Å². The minimum Gasteiger partial charge on any atom is -0.493 e. The van der Waals surface area contributed by atoms with Crippen LogP contribution in [0, 0.1) is 0 Å². The van der Waals surface area contributed by atoms with Gasteiger partial charge in [0.25, 0.3) is 8.32 Å². The summed E-state index contributed by atoms with van der Waals surface area (Å²) >= 11 is 0. The SMILES string of the molecule is COc1cccc([C@@H](C/C=C/CO[Si](c2ccccc2)(c2ccccc2)C(C)(C)C)OC)c1OC. The van der Waals surface area contributed by atoms with E-state index in [-0.39, 0.29) is 11.1 Å². The van der Waals surface area contributed by atoms with E-state index in [2.05, 4.69) is 93.6 Å². The highest BCUT2D eigenvalue weighted by atomic mass is 28.4. The van der Waals surface area contributed by atoms with Crippen LogP contribution in [0.3, 0.4) is 0 Å². The van der Waals surface area contributed by atoms with Crippen molar-refractivity contribution in [3.63, 3.8) is 0 Å². The Morgan fingerprint density at radius 3 is 1.83 bits per heavy atom. The Hall–Kier alpha value is -2.86. The minimum atomic E-state index is -2.54. The molecule has 3 aromatic rings. The molecule has 0 aliphatic carbocycles. The van der Waals surface area contributed by atoms with Gasteiger partial charge in [0.1, 0.15) is 0 Å². The van der Waals surface area contributed by atoms with Gasteiger partial charge in [0.15, 0.2) is 11.5 Å². The molecule has 0 aromatic heterocycles. The van der Waals surface area contributed by atoms with E-state index in [1.165, 1.54) is 10.4 Å². The highest BCUT2D eigenvalue weighted by molar-refractivity contribution is 6.99. The molecule has 1 atom stereocenters. The summed E-state index contributed by atoms with van der Waals surface area (Å²) in [5.41, 5.74) is 0.965. The lowest BCUT2D eigenvalue weighted by atomic mass is 10.0. The Kier molecular flexibility index (Phi) is 9.32. The molecule has 3 aromatic carbocycles. The van der Waals surface area contributed by atoms with Gasteiger partial charge in [-0.15, -0.1) is 0 Å². The first-order valence-electron chi connectivity index (χ1n) is 12.0. The number of rotatable bonds is 11. The van der Waals surface area contributed by atoms with Crippen LogP contribution in [-0.2, 0) is 9.16 Å². The molecular formula is C30H38O4Si. The van der Waals surface area contributed by atoms with Crippen LogP contribution in [0.25, 0.3) is 0 Å². The fraction of sp³-hybridized carbons (Fsp3) is 0.333. The van der Waals surface area contributed by atoms with Gasteiger partial charge in [-0.1, -0.05) is 106 Å². The Balaban J connectivity index is 1.83. The van der Waals surface area contributed by atoms with Gasteiger partial charge in [-0.05, 0) is 27.9 Å². The molecule has 0 heterocycles. The van der Waals surface area contributed by atoms with Crippen molar-refractivity contribution >= 4 is 18.7 Å². The van der Waals surface area contributed by atoms with Gasteiger partial charge in [-0.25, -0.2) is 0 Å². The fourth-order valence-corrected chi connectivity index (χ4v) is 9.24. The lowest BCUT2D eigenvalue weighted by molar-refractivity contribution is 0.103. The topological polar surface area (TPSA) is 36.9 Å². The van der Waals surface area contributed by atoms with Crippen LogP contribution in [0.1, 0.15) is 38.9 Å². The molecule has 0 spiro atoms. The Labute approximate surface area is 211 Å². The van der Waals surface area contributed by atoms with Crippen molar-refractivity contribution in [2.45, 2.75) is 38.3 Å². The van der Waals surface area contributed by atoms with Crippen LogP contribution in [0.2, 0.25) is 5.04 Å². The zero-order valence-electron chi connectivity index (χ0n) is 21.8. The molecule has 4 nitrogen and oxygen atoms in total. The van der Waals surface area contributed by atoms with Crippen molar-refractivity contribution < 1.29 is 18.6 Å². The molecule has 0 unspecified atom stereocenters. The van der Waals surface area contributed by atoms with Gasteiger partial charge in [-0.2, -0.15) is 0 Å². The second-order valence-corrected chi connectivity index (χ2v) is 13.8. The van der Waals surface area contributed by atoms with Crippen molar-refractivity contribution in [1.29, 1.82) is 0 Å². The zero-order valence-corrected chi connectivity index (χ0v) is 22.8. The molecule has 5 heteroatoms. The monoisotopic (exact) mass is 490 g/mol. The summed E-state index contributed by atoms with van der Waals surface area (Å²) < 4.78 is 23.8. The Bertz CT molecular complexity index is 1040. The third-order valence-corrected chi connectivity index (χ3v) is 11.4. The van der Waals surface area contributed by atoms with Crippen molar-refractivity contribution in [3.8, 4) is 11.5 Å². The summed E-state index contributed by atoms with van der Waals surface area (Å²) in [7, 11) is 2.47. The van der Waals surface area contributed by atoms with E-state index in [1.54, 1.807) is 21.3 Å². The van der Waals surface area contributed by atoms with Crippen LogP contribution in [0.15, 0.2) is 91.0 Å². The maximum atomic E-state index is 6.94. The van der Waals surface area contributed by atoms with E-state index in [0.29, 0.717) is 24.5 Å². The highest BCUT2D eigenvalue weighted by Gasteiger charge is 2.49. The summed E-state index contributed by atoms with van der Waals surface area (Å²) in [6, 6.07) is 27.3. The van der Waals surface area contributed by atoms with Crippen molar-refractivity contribution in [1.82, 2.24) is 0 Å². The van der Waals surface area contributed by atoms with Crippen LogP contribution >= 0.6 is 0 Å². The van der Waals surface area contributed by atoms with E-state index in [1.807, 2.05) is 18.2 Å². The molecule has 3 rings (SSSR count). The maximum Gasteiger partial charge on any atom is 0.261 e. The predicted octanol–water partition coefficient (Wildman–Crippen LogP) is 5.91. The summed E-state index contributed by atoms with van der Waals surface area (Å²) in [5, 5.41) is 2.51. The van der Waals surface area contributed by atoms with Gasteiger partial charge in [-0.3, -0.25) is 0 Å². The molecule has 186 valence electrons. The average molecular weight is 491 g/mol. The summed E-state index contributed by atoms with van der Waals surface area (Å²) in [5.74, 6) is 1.41. The van der Waals surface area contributed by atoms with E-state index < -0.39 is 8.32 Å². The normalized spacial score (nSPS) is 13.1. The standard InChI is InChI=1S/C30H38O4Si/c1-30(2,3)35(24-16-9-7-10-17-24,25-18-11-8-12-19-25)34-23-14-13-21-27(31-4)26-20-15-22-28(32-5)29(26)33-6/h7-20,22,27H,21,23H2,1-6H3/b14-13+/t27-/m1/s1. The number of para-hydroxylation sites is 1. The van der Waals surface area contributed by atoms with E-state index in [0.717, 1.165) is 5.56 Å². The first-order chi connectivity index (χ1) is 16.9. The molecule has 0 saturated carbocycles. The largest absolute Gasteiger partial charge is 0.493 e. The maximum absolute atomic E-state index is 6.94. The van der Waals surface area contributed by atoms with E-state index in [4.69, 9.17) is 18.6 Å². The number of ether oxygens (including phenoxy) is 3. The third kappa shape index (κ3) is 5.86. The summed E-state index contributed by atoms with van der Waals surface area (Å²) in [4.78, 5) is 0. The second-order valence-electron chi connectivity index (χ2n) is 9.49. The molecule has 0 radical (unpaired) electrons. The van der Waals surface area contributed by atoms with Gasteiger partial charge in [0.05, 0.1) is 26.9 Å². The van der Waals surface area contributed by atoms with E-state index in [9.17, 15) is 0 Å². The quantitative estimate of drug-likeness (QED) is 0.247. The third-order valence-electron chi connectivity index (χ3n) is 6.39. The molecule has 0 N–H and O–H groups in total. The fourth-order valence-electron chi connectivity index (χ4n) is 4.74. The number of benzene rings is 3. The molecular weight excluding hydrogens is 452 g/mol. The predicted molar refractivity (Wildman–Crippen MR) is 147 cm³/mol. The molecule has 0 fully saturated rings. The minimum absolute atomic E-state index is 0.0490. The van der Waals surface area contributed by atoms with Gasteiger partial charge < -0.3 is 18.6 Å². The van der Waals surface area contributed by atoms with Crippen LogP contribution in [-0.4, -0.2) is 36.3 Å². The first-order valence-corrected chi connectivity index (χ1v) is 13.9. The Morgan fingerprint density at radius 2 is 1.34 bits per heavy atom. The summed E-state index contributed by atoms with van der Waals surface area (Å²) in [6.07, 6.45) is 4.79. The van der Waals surface area contributed by atoms with Crippen molar-refractivity contribution in [2.75, 3.05) is 27.9 Å². The van der Waals surface area contributed by atoms with Crippen LogP contribution < -0.4 is 19.8 Å². The number of hydrogen-bond donors (Lipinski definition) is 0. The first kappa shape index (κ1) is 26.7. The van der Waals surface area contributed by atoms with Crippen molar-refractivity contribution in [3.05, 3.63) is 96.6 Å². The van der Waals surface area contributed by atoms with Crippen LogP contribution in [0.5, 0.6) is 11.5 Å². The molecule has 0 amide bonds. The molecule has 0 aliphatic rings. The zero-order chi connectivity index (χ0) is 25.3.